The van der Waals surface area contributed by atoms with Gasteiger partial charge in [-0.05, 0) is 58.7 Å². The molecular weight excluding hydrogens is 404 g/mol. The summed E-state index contributed by atoms with van der Waals surface area (Å²) in [5.41, 5.74) is 3.66. The maximum absolute atomic E-state index is 12.2. The minimum atomic E-state index is -0.350. The highest BCUT2D eigenvalue weighted by Crippen LogP contribution is 2.36. The highest BCUT2D eigenvalue weighted by atomic mass is 79.9. The van der Waals surface area contributed by atoms with Gasteiger partial charge in [0.1, 0.15) is 0 Å². The van der Waals surface area contributed by atoms with Crippen molar-refractivity contribution in [2.45, 2.75) is 6.92 Å². The van der Waals surface area contributed by atoms with Gasteiger partial charge < -0.3 is 18.9 Å². The Hall–Kier alpha value is -2.74. The summed E-state index contributed by atoms with van der Waals surface area (Å²) in [6.45, 7) is 2.55. The largest absolute Gasteiger partial charge is 0.492 e. The van der Waals surface area contributed by atoms with E-state index in [1.54, 1.807) is 31.4 Å². The van der Waals surface area contributed by atoms with Gasteiger partial charge in [0.25, 0.3) is 5.91 Å². The number of benzene rings is 2. The lowest BCUT2D eigenvalue weighted by Crippen LogP contribution is -2.17. The molecule has 0 spiro atoms. The first-order chi connectivity index (χ1) is 12.6. The van der Waals surface area contributed by atoms with Crippen LogP contribution in [0.3, 0.4) is 0 Å². The van der Waals surface area contributed by atoms with E-state index < -0.39 is 0 Å². The first-order valence-corrected chi connectivity index (χ1v) is 8.65. The Kier molecular flexibility index (Phi) is 5.62. The number of carbonyl (C=O) groups is 1. The van der Waals surface area contributed by atoms with Crippen LogP contribution in [0.15, 0.2) is 39.9 Å². The van der Waals surface area contributed by atoms with Crippen molar-refractivity contribution < 1.29 is 23.7 Å². The van der Waals surface area contributed by atoms with Crippen LogP contribution in [0.25, 0.3) is 0 Å². The minimum Gasteiger partial charge on any atom is -0.492 e. The number of fused-ring (bicyclic) bond motifs is 1. The molecule has 0 aromatic heterocycles. The van der Waals surface area contributed by atoms with E-state index in [1.807, 2.05) is 13.0 Å². The molecule has 7 nitrogen and oxygen atoms in total. The molecule has 1 amide bonds. The molecule has 3 rings (SSSR count). The van der Waals surface area contributed by atoms with Gasteiger partial charge in [-0.1, -0.05) is 0 Å². The summed E-state index contributed by atoms with van der Waals surface area (Å²) in [7, 11) is 1.57. The Morgan fingerprint density at radius 3 is 2.88 bits per heavy atom. The SMILES string of the molecule is CCOc1cc(/C=N\NC(=O)c2ccc3c(c2)OCO3)cc(Br)c1OC. The molecule has 1 N–H and O–H groups in total. The minimum absolute atomic E-state index is 0.160. The zero-order chi connectivity index (χ0) is 18.5. The molecule has 2 aromatic carbocycles. The van der Waals surface area contributed by atoms with E-state index in [4.69, 9.17) is 18.9 Å². The molecule has 0 radical (unpaired) electrons. The molecule has 1 aliphatic heterocycles. The number of ether oxygens (including phenoxy) is 4. The van der Waals surface area contributed by atoms with Crippen LogP contribution in [-0.2, 0) is 0 Å². The van der Waals surface area contributed by atoms with Crippen LogP contribution in [0.2, 0.25) is 0 Å². The molecule has 0 saturated heterocycles. The van der Waals surface area contributed by atoms with Crippen LogP contribution in [-0.4, -0.2) is 32.6 Å². The summed E-state index contributed by atoms with van der Waals surface area (Å²) in [6, 6.07) is 8.55. The van der Waals surface area contributed by atoms with Gasteiger partial charge >= 0.3 is 0 Å². The number of amides is 1. The van der Waals surface area contributed by atoms with Crippen LogP contribution in [0.1, 0.15) is 22.8 Å². The second kappa shape index (κ2) is 8.09. The lowest BCUT2D eigenvalue weighted by Gasteiger charge is -2.11. The molecule has 0 unspecified atom stereocenters. The van der Waals surface area contributed by atoms with E-state index in [0.717, 1.165) is 10.0 Å². The van der Waals surface area contributed by atoms with E-state index in [1.165, 1.54) is 6.21 Å². The van der Waals surface area contributed by atoms with Crippen LogP contribution in [0.4, 0.5) is 0 Å². The average Bonchev–Trinajstić information content (AvgIpc) is 3.09. The molecule has 0 atom stereocenters. The van der Waals surface area contributed by atoms with Gasteiger partial charge in [0.05, 0.1) is 24.4 Å². The number of carbonyl (C=O) groups excluding carboxylic acids is 1. The normalized spacial score (nSPS) is 12.3. The number of halogens is 1. The number of methoxy groups -OCH3 is 1. The van der Waals surface area contributed by atoms with E-state index in [2.05, 4.69) is 26.5 Å². The van der Waals surface area contributed by atoms with Gasteiger partial charge in [-0.15, -0.1) is 0 Å². The standard InChI is InChI=1S/C18H17BrN2O5/c1-3-24-16-7-11(6-13(19)17(16)23-2)9-20-21-18(22)12-4-5-14-15(8-12)26-10-25-14/h4-9H,3,10H2,1-2H3,(H,21,22)/b20-9-. The molecule has 0 fully saturated rings. The number of hydrazone groups is 1. The van der Waals surface area contributed by atoms with Crippen molar-refractivity contribution in [1.82, 2.24) is 5.43 Å². The molecule has 1 aliphatic rings. The molecule has 26 heavy (non-hydrogen) atoms. The Morgan fingerprint density at radius 2 is 2.12 bits per heavy atom. The zero-order valence-corrected chi connectivity index (χ0v) is 15.8. The number of nitrogens with zero attached hydrogens (tertiary/aromatic N) is 1. The lowest BCUT2D eigenvalue weighted by molar-refractivity contribution is 0.0954. The smallest absolute Gasteiger partial charge is 0.271 e. The maximum atomic E-state index is 12.2. The van der Waals surface area contributed by atoms with E-state index in [9.17, 15) is 4.79 Å². The fraction of sp³-hybridized carbons (Fsp3) is 0.222. The summed E-state index contributed by atoms with van der Waals surface area (Å²) in [6.07, 6.45) is 1.53. The summed E-state index contributed by atoms with van der Waals surface area (Å²) < 4.78 is 22.1. The maximum Gasteiger partial charge on any atom is 0.271 e. The Balaban J connectivity index is 1.71. The van der Waals surface area contributed by atoms with Gasteiger partial charge in [-0.3, -0.25) is 4.79 Å². The predicted octanol–water partition coefficient (Wildman–Crippen LogP) is 3.35. The number of rotatable bonds is 6. The van der Waals surface area contributed by atoms with Crippen molar-refractivity contribution in [2.24, 2.45) is 5.10 Å². The molecule has 0 aliphatic carbocycles. The number of nitrogens with one attached hydrogen (secondary N) is 1. The van der Waals surface area contributed by atoms with Crippen LogP contribution in [0, 0.1) is 0 Å². The van der Waals surface area contributed by atoms with Crippen molar-refractivity contribution in [2.75, 3.05) is 20.5 Å². The Labute approximate surface area is 159 Å². The van der Waals surface area contributed by atoms with E-state index in [-0.39, 0.29) is 12.7 Å². The average molecular weight is 421 g/mol. The van der Waals surface area contributed by atoms with Crippen LogP contribution in [0.5, 0.6) is 23.0 Å². The molecule has 2 aromatic rings. The van der Waals surface area contributed by atoms with Crippen LogP contribution >= 0.6 is 15.9 Å². The van der Waals surface area contributed by atoms with Crippen molar-refractivity contribution in [1.29, 1.82) is 0 Å². The molecular formula is C18H17BrN2O5. The first-order valence-electron chi connectivity index (χ1n) is 7.85. The van der Waals surface area contributed by atoms with E-state index >= 15 is 0 Å². The third-order valence-corrected chi connectivity index (χ3v) is 4.14. The second-order valence-electron chi connectivity index (χ2n) is 5.23. The Bertz CT molecular complexity index is 854. The van der Waals surface area contributed by atoms with Gasteiger partial charge in [0.15, 0.2) is 23.0 Å². The number of hydrogen-bond donors (Lipinski definition) is 1. The fourth-order valence-corrected chi connectivity index (χ4v) is 3.01. The van der Waals surface area contributed by atoms with Gasteiger partial charge in [-0.25, -0.2) is 5.43 Å². The molecule has 136 valence electrons. The van der Waals surface area contributed by atoms with Gasteiger partial charge in [0.2, 0.25) is 6.79 Å². The number of hydrogen-bond acceptors (Lipinski definition) is 6. The van der Waals surface area contributed by atoms with Gasteiger partial charge in [0, 0.05) is 5.56 Å². The zero-order valence-electron chi connectivity index (χ0n) is 14.2. The third kappa shape index (κ3) is 3.91. The molecule has 0 saturated carbocycles. The van der Waals surface area contributed by atoms with Crippen molar-refractivity contribution in [3.63, 3.8) is 0 Å². The second-order valence-corrected chi connectivity index (χ2v) is 6.09. The van der Waals surface area contributed by atoms with Gasteiger partial charge in [-0.2, -0.15) is 5.10 Å². The topological polar surface area (TPSA) is 78.4 Å². The predicted molar refractivity (Wildman–Crippen MR) is 99.5 cm³/mol. The summed E-state index contributed by atoms with van der Waals surface area (Å²) in [4.78, 5) is 12.2. The van der Waals surface area contributed by atoms with Crippen molar-refractivity contribution in [3.8, 4) is 23.0 Å². The lowest BCUT2D eigenvalue weighted by atomic mass is 10.2. The molecule has 0 bridgehead atoms. The monoisotopic (exact) mass is 420 g/mol. The summed E-state index contributed by atoms with van der Waals surface area (Å²) in [5.74, 6) is 2.01. The van der Waals surface area contributed by atoms with Crippen molar-refractivity contribution >= 4 is 28.1 Å². The summed E-state index contributed by atoms with van der Waals surface area (Å²) >= 11 is 3.43. The third-order valence-electron chi connectivity index (χ3n) is 3.55. The summed E-state index contributed by atoms with van der Waals surface area (Å²) in [5, 5.41) is 4.00. The van der Waals surface area contributed by atoms with Crippen molar-refractivity contribution in [3.05, 3.63) is 45.9 Å². The highest BCUT2D eigenvalue weighted by molar-refractivity contribution is 9.10. The van der Waals surface area contributed by atoms with Crippen LogP contribution < -0.4 is 24.4 Å². The van der Waals surface area contributed by atoms with E-state index in [0.29, 0.717) is 35.2 Å². The molecule has 8 heteroatoms. The molecule has 1 heterocycles. The highest BCUT2D eigenvalue weighted by Gasteiger charge is 2.16. The Morgan fingerprint density at radius 1 is 1.31 bits per heavy atom. The quantitative estimate of drug-likeness (QED) is 0.572. The fourth-order valence-electron chi connectivity index (χ4n) is 2.39. The first kappa shape index (κ1) is 18.1.